The number of anilines is 6. The van der Waals surface area contributed by atoms with Crippen LogP contribution in [-0.2, 0) is 16.6 Å². The van der Waals surface area contributed by atoms with Crippen LogP contribution in [0.2, 0.25) is 0 Å². The molecule has 324 valence electrons. The van der Waals surface area contributed by atoms with Crippen LogP contribution in [-0.4, -0.2) is 0 Å². The molecule has 7 aromatic carbocycles. The largest absolute Gasteiger partial charge is 0.327 e. The summed E-state index contributed by atoms with van der Waals surface area (Å²) in [6, 6.07) is 67.8. The van der Waals surface area contributed by atoms with E-state index in [0.29, 0.717) is 0 Å². The predicted octanol–water partition coefficient (Wildman–Crippen LogP) is 16.3. The SMILES string of the molecule is Cc1ccc(N(c2cc(N(c3ccc(C)cc3)C3(c4ccccc4)C=CC=CC3)cc(N(c3ccc(C)cc3)C3(c4ccccc4)C=CC=CC3)c2)C2(c3ccccc3)C=CC=CC2)cc1. The van der Waals surface area contributed by atoms with Gasteiger partial charge in [-0.25, -0.2) is 0 Å². The first-order valence-electron chi connectivity index (χ1n) is 23.3. The molecule has 0 aromatic heterocycles. The summed E-state index contributed by atoms with van der Waals surface area (Å²) in [5.74, 6) is 0. The molecule has 0 N–H and O–H groups in total. The molecule has 0 bridgehead atoms. The van der Waals surface area contributed by atoms with Crippen molar-refractivity contribution in [1.82, 2.24) is 0 Å². The number of hydrogen-bond donors (Lipinski definition) is 0. The first-order chi connectivity index (χ1) is 32.4. The first kappa shape index (κ1) is 42.3. The maximum absolute atomic E-state index is 2.60. The second-order valence-electron chi connectivity index (χ2n) is 18.1. The van der Waals surface area contributed by atoms with E-state index in [-0.39, 0.29) is 0 Å². The second kappa shape index (κ2) is 18.1. The lowest BCUT2D eigenvalue weighted by Gasteiger charge is -2.49. The molecule has 0 heterocycles. The van der Waals surface area contributed by atoms with Crippen LogP contribution in [0, 0.1) is 20.8 Å². The Balaban J connectivity index is 1.35. The Morgan fingerprint density at radius 1 is 0.288 bits per heavy atom. The maximum Gasteiger partial charge on any atom is 0.0923 e. The van der Waals surface area contributed by atoms with E-state index in [0.717, 1.165) is 53.4 Å². The molecular formula is C63H57N3. The molecule has 0 aliphatic heterocycles. The van der Waals surface area contributed by atoms with Crippen LogP contribution >= 0.6 is 0 Å². The smallest absolute Gasteiger partial charge is 0.0923 e. The normalized spacial score (nSPS) is 20.6. The standard InChI is InChI=1S/C63H57N3/c1-49-28-34-55(35-29-49)64(61(40-16-7-17-41-61)52-22-10-4-11-23-52)58-46-59(65(56-36-30-50(2)31-37-56)62(42-18-8-19-43-62)53-24-12-5-13-25-53)48-60(47-58)66(57-38-32-51(3)33-39-57)63(44-20-9-21-45-63)54-26-14-6-15-27-54/h4-40,42,44,46-48H,41,43,45H2,1-3H3. The molecule has 0 amide bonds. The zero-order valence-corrected chi connectivity index (χ0v) is 38.2. The van der Waals surface area contributed by atoms with Gasteiger partial charge in [-0.3, -0.25) is 0 Å². The van der Waals surface area contributed by atoms with Crippen LogP contribution in [0.25, 0.3) is 0 Å². The Labute approximate surface area is 392 Å². The van der Waals surface area contributed by atoms with Crippen molar-refractivity contribution in [3.05, 3.63) is 288 Å². The van der Waals surface area contributed by atoms with Crippen molar-refractivity contribution in [2.24, 2.45) is 0 Å². The molecular weight excluding hydrogens is 799 g/mol. The number of nitrogens with zero attached hydrogens (tertiary/aromatic N) is 3. The maximum atomic E-state index is 2.60. The topological polar surface area (TPSA) is 9.72 Å². The molecule has 66 heavy (non-hydrogen) atoms. The van der Waals surface area contributed by atoms with Gasteiger partial charge in [0.05, 0.1) is 16.6 Å². The van der Waals surface area contributed by atoms with E-state index in [2.05, 4.69) is 290 Å². The molecule has 0 spiro atoms. The zero-order valence-electron chi connectivity index (χ0n) is 38.2. The average Bonchev–Trinajstić information content (AvgIpc) is 3.38. The van der Waals surface area contributed by atoms with Crippen molar-refractivity contribution in [3.63, 3.8) is 0 Å². The summed E-state index contributed by atoms with van der Waals surface area (Å²) >= 11 is 0. The summed E-state index contributed by atoms with van der Waals surface area (Å²) in [6.07, 6.45) is 29.8. The number of allylic oxidation sites excluding steroid dienone is 6. The Morgan fingerprint density at radius 2 is 0.545 bits per heavy atom. The monoisotopic (exact) mass is 855 g/mol. The fourth-order valence-corrected chi connectivity index (χ4v) is 10.4. The van der Waals surface area contributed by atoms with Gasteiger partial charge in [0, 0.05) is 34.1 Å². The summed E-state index contributed by atoms with van der Waals surface area (Å²) in [5.41, 5.74) is 12.3. The highest BCUT2D eigenvalue weighted by atomic mass is 15.3. The van der Waals surface area contributed by atoms with Gasteiger partial charge in [0.1, 0.15) is 0 Å². The number of hydrogen-bond acceptors (Lipinski definition) is 3. The summed E-state index contributed by atoms with van der Waals surface area (Å²) in [7, 11) is 0. The molecule has 3 aliphatic rings. The van der Waals surface area contributed by atoms with Gasteiger partial charge in [-0.05, 0) is 111 Å². The molecule has 0 saturated carbocycles. The van der Waals surface area contributed by atoms with Crippen molar-refractivity contribution in [2.45, 2.75) is 56.7 Å². The van der Waals surface area contributed by atoms with Crippen LogP contribution in [0.3, 0.4) is 0 Å². The minimum absolute atomic E-state index is 0.556. The molecule has 0 fully saturated rings. The van der Waals surface area contributed by atoms with Crippen molar-refractivity contribution in [1.29, 1.82) is 0 Å². The van der Waals surface area contributed by atoms with E-state index in [1.165, 1.54) is 33.4 Å². The molecule has 7 aromatic rings. The van der Waals surface area contributed by atoms with Crippen LogP contribution < -0.4 is 14.7 Å². The van der Waals surface area contributed by atoms with Crippen LogP contribution in [0.15, 0.2) is 255 Å². The molecule has 3 nitrogen and oxygen atoms in total. The second-order valence-corrected chi connectivity index (χ2v) is 18.1. The van der Waals surface area contributed by atoms with E-state index >= 15 is 0 Å². The quantitative estimate of drug-likeness (QED) is 0.121. The molecule has 0 radical (unpaired) electrons. The highest BCUT2D eigenvalue weighted by Gasteiger charge is 2.43. The van der Waals surface area contributed by atoms with Crippen LogP contribution in [0.1, 0.15) is 52.6 Å². The fourth-order valence-electron chi connectivity index (χ4n) is 10.4. The van der Waals surface area contributed by atoms with E-state index in [1.54, 1.807) is 0 Å². The van der Waals surface area contributed by atoms with Gasteiger partial charge in [0.25, 0.3) is 0 Å². The van der Waals surface area contributed by atoms with Gasteiger partial charge < -0.3 is 14.7 Å². The van der Waals surface area contributed by atoms with Crippen molar-refractivity contribution >= 4 is 34.1 Å². The Hall–Kier alpha value is -7.62. The highest BCUT2D eigenvalue weighted by molar-refractivity contribution is 5.84. The minimum atomic E-state index is -0.556. The molecule has 10 rings (SSSR count). The van der Waals surface area contributed by atoms with Crippen LogP contribution in [0.5, 0.6) is 0 Å². The Morgan fingerprint density at radius 3 is 0.773 bits per heavy atom. The minimum Gasteiger partial charge on any atom is -0.327 e. The molecule has 3 atom stereocenters. The van der Waals surface area contributed by atoms with Gasteiger partial charge in [0.15, 0.2) is 0 Å². The third-order valence-corrected chi connectivity index (χ3v) is 13.7. The first-order valence-corrected chi connectivity index (χ1v) is 23.3. The zero-order chi connectivity index (χ0) is 45.0. The van der Waals surface area contributed by atoms with Gasteiger partial charge in [0.2, 0.25) is 0 Å². The number of benzene rings is 7. The van der Waals surface area contributed by atoms with Crippen molar-refractivity contribution in [2.75, 3.05) is 14.7 Å². The lowest BCUT2D eigenvalue weighted by Crippen LogP contribution is -2.45. The van der Waals surface area contributed by atoms with E-state index in [9.17, 15) is 0 Å². The summed E-state index contributed by atoms with van der Waals surface area (Å²) in [6.45, 7) is 6.52. The lowest BCUT2D eigenvalue weighted by molar-refractivity contribution is 0.538. The molecule has 3 aliphatic carbocycles. The van der Waals surface area contributed by atoms with Gasteiger partial charge in [-0.1, -0.05) is 217 Å². The summed E-state index contributed by atoms with van der Waals surface area (Å²) < 4.78 is 0. The van der Waals surface area contributed by atoms with Gasteiger partial charge in [-0.2, -0.15) is 0 Å². The molecule has 3 heteroatoms. The third-order valence-electron chi connectivity index (χ3n) is 13.7. The third kappa shape index (κ3) is 7.85. The predicted molar refractivity (Wildman–Crippen MR) is 279 cm³/mol. The fraction of sp³-hybridized carbons (Fsp3) is 0.143. The Bertz CT molecular complexity index is 2620. The highest BCUT2D eigenvalue weighted by Crippen LogP contribution is 2.53. The molecule has 3 unspecified atom stereocenters. The molecule has 0 saturated heterocycles. The van der Waals surface area contributed by atoms with E-state index in [4.69, 9.17) is 0 Å². The average molecular weight is 856 g/mol. The summed E-state index contributed by atoms with van der Waals surface area (Å²) in [4.78, 5) is 7.81. The van der Waals surface area contributed by atoms with Crippen LogP contribution in [0.4, 0.5) is 34.1 Å². The Kier molecular flexibility index (Phi) is 11.6. The number of rotatable bonds is 12. The van der Waals surface area contributed by atoms with Crippen molar-refractivity contribution in [3.8, 4) is 0 Å². The van der Waals surface area contributed by atoms with E-state index < -0.39 is 16.6 Å². The lowest BCUT2D eigenvalue weighted by atomic mass is 9.79. The number of aryl methyl sites for hydroxylation is 3. The summed E-state index contributed by atoms with van der Waals surface area (Å²) in [5, 5.41) is 0. The van der Waals surface area contributed by atoms with Gasteiger partial charge in [-0.15, -0.1) is 0 Å². The van der Waals surface area contributed by atoms with E-state index in [1.807, 2.05) is 0 Å². The van der Waals surface area contributed by atoms with Crippen molar-refractivity contribution < 1.29 is 0 Å². The van der Waals surface area contributed by atoms with Gasteiger partial charge >= 0.3 is 0 Å².